The average molecular weight is 423 g/mol. The van der Waals surface area contributed by atoms with E-state index in [4.69, 9.17) is 11.6 Å². The maximum absolute atomic E-state index is 13.5. The van der Waals surface area contributed by atoms with Crippen LogP contribution >= 0.6 is 22.9 Å². The Hall–Kier alpha value is -2.89. The van der Waals surface area contributed by atoms with Gasteiger partial charge in [0, 0.05) is 18.0 Å². The molecule has 146 valence electrons. The molecule has 29 heavy (non-hydrogen) atoms. The van der Waals surface area contributed by atoms with E-state index in [9.17, 15) is 9.59 Å². The summed E-state index contributed by atoms with van der Waals surface area (Å²) in [6, 6.07) is 20.6. The zero-order chi connectivity index (χ0) is 20.4. The molecule has 2 amide bonds. The van der Waals surface area contributed by atoms with Crippen molar-refractivity contribution < 1.29 is 9.59 Å². The Balaban J connectivity index is 1.82. The van der Waals surface area contributed by atoms with Crippen molar-refractivity contribution in [3.63, 3.8) is 0 Å². The molecule has 0 spiro atoms. The van der Waals surface area contributed by atoms with Gasteiger partial charge in [-0.3, -0.25) is 9.59 Å². The van der Waals surface area contributed by atoms with Gasteiger partial charge in [0.25, 0.3) is 11.8 Å². The first-order chi connectivity index (χ1) is 14.1. The normalized spacial score (nSPS) is 14.1. The van der Waals surface area contributed by atoms with Crippen molar-refractivity contribution in [3.05, 3.63) is 93.3 Å². The minimum Gasteiger partial charge on any atom is -0.362 e. The highest BCUT2D eigenvalue weighted by atomic mass is 35.5. The van der Waals surface area contributed by atoms with Gasteiger partial charge in [-0.25, -0.2) is 4.90 Å². The summed E-state index contributed by atoms with van der Waals surface area (Å²) in [5.74, 6) is -0.684. The topological polar surface area (TPSA) is 40.6 Å². The van der Waals surface area contributed by atoms with Crippen molar-refractivity contribution in [2.24, 2.45) is 0 Å². The quantitative estimate of drug-likeness (QED) is 0.512. The van der Waals surface area contributed by atoms with Gasteiger partial charge in [0.2, 0.25) is 0 Å². The van der Waals surface area contributed by atoms with Gasteiger partial charge in [-0.1, -0.05) is 60.1 Å². The maximum atomic E-state index is 13.5. The molecule has 4 nitrogen and oxygen atoms in total. The minimum atomic E-state index is -0.343. The third kappa shape index (κ3) is 3.59. The van der Waals surface area contributed by atoms with Crippen LogP contribution in [0.1, 0.15) is 17.4 Å². The standard InChI is InChI=1S/C23H19ClN2O2S/c1-2-25(15-16-9-4-3-5-10-16)21-20(19-13-8-14-29-19)22(27)26(23(21)28)18-12-7-6-11-17(18)24/h3-14H,2,15H2,1H3. The Morgan fingerprint density at radius 1 is 0.931 bits per heavy atom. The molecule has 1 aliphatic rings. The predicted octanol–water partition coefficient (Wildman–Crippen LogP) is 5.21. The SMILES string of the molecule is CCN(Cc1ccccc1)C1=C(c2cccs2)C(=O)N(c2ccccc2Cl)C1=O. The lowest BCUT2D eigenvalue weighted by molar-refractivity contribution is -0.120. The van der Waals surface area contributed by atoms with Crippen LogP contribution in [0.15, 0.2) is 77.8 Å². The van der Waals surface area contributed by atoms with Crippen LogP contribution in [-0.2, 0) is 16.1 Å². The monoisotopic (exact) mass is 422 g/mol. The number of thiophene rings is 1. The summed E-state index contributed by atoms with van der Waals surface area (Å²) in [5.41, 5.74) is 2.33. The second-order valence-corrected chi connectivity index (χ2v) is 7.95. The number of carbonyl (C=O) groups excluding carboxylic acids is 2. The van der Waals surface area contributed by atoms with Gasteiger partial charge in [0.1, 0.15) is 5.70 Å². The van der Waals surface area contributed by atoms with Crippen molar-refractivity contribution in [3.8, 4) is 0 Å². The lowest BCUT2D eigenvalue weighted by Crippen LogP contribution is -2.35. The summed E-state index contributed by atoms with van der Waals surface area (Å²) in [7, 11) is 0. The molecule has 0 saturated carbocycles. The van der Waals surface area contributed by atoms with Crippen LogP contribution in [0.4, 0.5) is 5.69 Å². The Labute approximate surface area is 178 Å². The molecule has 4 rings (SSSR count). The molecule has 0 saturated heterocycles. The highest BCUT2D eigenvalue weighted by Gasteiger charge is 2.43. The van der Waals surface area contributed by atoms with Crippen molar-refractivity contribution in [1.29, 1.82) is 0 Å². The molecule has 0 N–H and O–H groups in total. The molecule has 3 aromatic rings. The average Bonchev–Trinajstić information content (AvgIpc) is 3.34. The van der Waals surface area contributed by atoms with Gasteiger partial charge >= 0.3 is 0 Å². The third-order valence-electron chi connectivity index (χ3n) is 4.83. The summed E-state index contributed by atoms with van der Waals surface area (Å²) in [4.78, 5) is 30.9. The highest BCUT2D eigenvalue weighted by molar-refractivity contribution is 7.11. The zero-order valence-electron chi connectivity index (χ0n) is 15.8. The molecular weight excluding hydrogens is 404 g/mol. The summed E-state index contributed by atoms with van der Waals surface area (Å²) in [6.45, 7) is 3.11. The fourth-order valence-electron chi connectivity index (χ4n) is 3.46. The van der Waals surface area contributed by atoms with E-state index in [0.29, 0.717) is 35.1 Å². The van der Waals surface area contributed by atoms with Crippen molar-refractivity contribution in [2.45, 2.75) is 13.5 Å². The smallest absolute Gasteiger partial charge is 0.282 e. The molecule has 0 unspecified atom stereocenters. The van der Waals surface area contributed by atoms with Crippen molar-refractivity contribution in [2.75, 3.05) is 11.4 Å². The van der Waals surface area contributed by atoms with Crippen LogP contribution in [0.3, 0.4) is 0 Å². The van der Waals surface area contributed by atoms with Crippen molar-refractivity contribution >= 4 is 46.0 Å². The van der Waals surface area contributed by atoms with E-state index in [-0.39, 0.29) is 11.8 Å². The number of benzene rings is 2. The van der Waals surface area contributed by atoms with Gasteiger partial charge in [-0.15, -0.1) is 11.3 Å². The number of hydrogen-bond acceptors (Lipinski definition) is 4. The van der Waals surface area contributed by atoms with Gasteiger partial charge in [-0.2, -0.15) is 0 Å². The van der Waals surface area contributed by atoms with E-state index in [2.05, 4.69) is 0 Å². The van der Waals surface area contributed by atoms with E-state index in [1.807, 2.05) is 59.7 Å². The summed E-state index contributed by atoms with van der Waals surface area (Å²) in [5, 5.41) is 2.27. The molecule has 2 aromatic carbocycles. The highest BCUT2D eigenvalue weighted by Crippen LogP contribution is 2.39. The largest absolute Gasteiger partial charge is 0.362 e. The van der Waals surface area contributed by atoms with E-state index in [0.717, 1.165) is 10.4 Å². The van der Waals surface area contributed by atoms with Crippen molar-refractivity contribution in [1.82, 2.24) is 4.90 Å². The molecular formula is C23H19ClN2O2S. The van der Waals surface area contributed by atoms with Crippen LogP contribution in [-0.4, -0.2) is 23.3 Å². The summed E-state index contributed by atoms with van der Waals surface area (Å²) in [6.07, 6.45) is 0. The first kappa shape index (κ1) is 19.4. The van der Waals surface area contributed by atoms with E-state index in [1.54, 1.807) is 24.3 Å². The van der Waals surface area contributed by atoms with E-state index in [1.165, 1.54) is 16.2 Å². The lowest BCUT2D eigenvalue weighted by atomic mass is 10.1. The van der Waals surface area contributed by atoms with E-state index >= 15 is 0 Å². The molecule has 1 aliphatic heterocycles. The molecule has 0 bridgehead atoms. The van der Waals surface area contributed by atoms with E-state index < -0.39 is 0 Å². The number of hydrogen-bond donors (Lipinski definition) is 0. The molecule has 2 heterocycles. The molecule has 1 aromatic heterocycles. The fraction of sp³-hybridized carbons (Fsp3) is 0.130. The van der Waals surface area contributed by atoms with Gasteiger partial charge < -0.3 is 4.90 Å². The lowest BCUT2D eigenvalue weighted by Gasteiger charge is -2.25. The van der Waals surface area contributed by atoms with Gasteiger partial charge in [0.15, 0.2) is 0 Å². The first-order valence-electron chi connectivity index (χ1n) is 9.32. The van der Waals surface area contributed by atoms with Crippen LogP contribution in [0.25, 0.3) is 5.57 Å². The zero-order valence-corrected chi connectivity index (χ0v) is 17.4. The molecule has 0 aliphatic carbocycles. The predicted molar refractivity (Wildman–Crippen MR) is 118 cm³/mol. The Kier molecular flexibility index (Phi) is 5.51. The third-order valence-corrected chi connectivity index (χ3v) is 6.04. The van der Waals surface area contributed by atoms with Crippen LogP contribution < -0.4 is 4.90 Å². The van der Waals surface area contributed by atoms with Gasteiger partial charge in [0.05, 0.1) is 16.3 Å². The fourth-order valence-corrected chi connectivity index (χ4v) is 4.44. The van der Waals surface area contributed by atoms with Crippen LogP contribution in [0, 0.1) is 0 Å². The summed E-state index contributed by atoms with van der Waals surface area (Å²) >= 11 is 7.77. The van der Waals surface area contributed by atoms with Crippen LogP contribution in [0.5, 0.6) is 0 Å². The number of carbonyl (C=O) groups is 2. The molecule has 0 atom stereocenters. The molecule has 6 heteroatoms. The number of rotatable bonds is 6. The number of nitrogens with zero attached hydrogens (tertiary/aromatic N) is 2. The number of anilines is 1. The first-order valence-corrected chi connectivity index (χ1v) is 10.6. The van der Waals surface area contributed by atoms with Crippen LogP contribution in [0.2, 0.25) is 5.02 Å². The number of halogens is 1. The Morgan fingerprint density at radius 3 is 2.31 bits per heavy atom. The minimum absolute atomic E-state index is 0.341. The number of imide groups is 1. The Bertz CT molecular complexity index is 1080. The number of para-hydroxylation sites is 1. The van der Waals surface area contributed by atoms with Gasteiger partial charge in [-0.05, 0) is 36.1 Å². The summed E-state index contributed by atoms with van der Waals surface area (Å²) < 4.78 is 0. The second kappa shape index (κ2) is 8.23. The molecule has 0 fully saturated rings. The second-order valence-electron chi connectivity index (χ2n) is 6.60. The number of amides is 2. The maximum Gasteiger partial charge on any atom is 0.282 e. The Morgan fingerprint density at radius 2 is 1.66 bits per heavy atom. The number of likely N-dealkylation sites (N-methyl/N-ethyl adjacent to an activating group) is 1. The molecule has 0 radical (unpaired) electrons.